The Kier molecular flexibility index (Phi) is 3.50. The second-order valence-electron chi connectivity index (χ2n) is 6.28. The van der Waals surface area contributed by atoms with E-state index in [4.69, 9.17) is 11.6 Å². The first-order valence-corrected chi connectivity index (χ1v) is 7.67. The van der Waals surface area contributed by atoms with Crippen LogP contribution in [-0.4, -0.2) is 9.55 Å². The van der Waals surface area contributed by atoms with Crippen molar-refractivity contribution in [3.05, 3.63) is 59.9 Å². The molecule has 21 heavy (non-hydrogen) atoms. The quantitative estimate of drug-likeness (QED) is 0.605. The zero-order valence-electron chi connectivity index (χ0n) is 12.6. The number of halogens is 1. The third kappa shape index (κ3) is 2.56. The van der Waals surface area contributed by atoms with E-state index in [9.17, 15) is 0 Å². The molecule has 2 nitrogen and oxygen atoms in total. The fourth-order valence-corrected chi connectivity index (χ4v) is 2.74. The van der Waals surface area contributed by atoms with Gasteiger partial charge in [0.15, 0.2) is 0 Å². The van der Waals surface area contributed by atoms with Crippen molar-refractivity contribution in [3.63, 3.8) is 0 Å². The van der Waals surface area contributed by atoms with E-state index in [2.05, 4.69) is 60.7 Å². The molecule has 1 heterocycles. The van der Waals surface area contributed by atoms with Crippen molar-refractivity contribution in [2.24, 2.45) is 0 Å². The molecule has 108 valence electrons. The number of para-hydroxylation sites is 2. The number of aromatic nitrogens is 2. The molecule has 3 aromatic rings. The summed E-state index contributed by atoms with van der Waals surface area (Å²) in [6.07, 6.45) is 0. The molecule has 3 rings (SSSR count). The van der Waals surface area contributed by atoms with Gasteiger partial charge in [-0.25, -0.2) is 4.98 Å². The Morgan fingerprint density at radius 2 is 1.67 bits per heavy atom. The number of imidazole rings is 1. The molecule has 1 aromatic heterocycles. The topological polar surface area (TPSA) is 17.8 Å². The lowest BCUT2D eigenvalue weighted by Gasteiger charge is -2.19. The molecule has 0 unspecified atom stereocenters. The minimum atomic E-state index is 0.158. The van der Waals surface area contributed by atoms with Crippen molar-refractivity contribution in [1.82, 2.24) is 9.55 Å². The predicted molar refractivity (Wildman–Crippen MR) is 89.3 cm³/mol. The van der Waals surface area contributed by atoms with E-state index in [-0.39, 0.29) is 5.41 Å². The molecule has 0 N–H and O–H groups in total. The second kappa shape index (κ2) is 5.19. The lowest BCUT2D eigenvalue weighted by atomic mass is 9.87. The highest BCUT2D eigenvalue weighted by Crippen LogP contribution is 2.26. The van der Waals surface area contributed by atoms with Crippen LogP contribution in [0.25, 0.3) is 16.7 Å². The summed E-state index contributed by atoms with van der Waals surface area (Å²) in [5, 5.41) is 0. The minimum Gasteiger partial charge on any atom is -0.295 e. The van der Waals surface area contributed by atoms with Crippen molar-refractivity contribution >= 4 is 22.6 Å². The van der Waals surface area contributed by atoms with Gasteiger partial charge in [0.05, 0.1) is 16.9 Å². The average Bonchev–Trinajstić information content (AvgIpc) is 2.85. The smallest absolute Gasteiger partial charge is 0.129 e. The Bertz CT molecular complexity index is 764. The maximum absolute atomic E-state index is 6.07. The van der Waals surface area contributed by atoms with E-state index >= 15 is 0 Å². The van der Waals surface area contributed by atoms with Crippen LogP contribution < -0.4 is 0 Å². The molecular formula is C18H19ClN2. The third-order valence-electron chi connectivity index (χ3n) is 3.74. The molecule has 0 amide bonds. The second-order valence-corrected chi connectivity index (χ2v) is 6.55. The fourth-order valence-electron chi connectivity index (χ4n) is 2.56. The largest absolute Gasteiger partial charge is 0.295 e. The van der Waals surface area contributed by atoms with E-state index in [0.717, 1.165) is 22.5 Å². The zero-order valence-corrected chi connectivity index (χ0v) is 13.4. The van der Waals surface area contributed by atoms with Gasteiger partial charge in [0.1, 0.15) is 5.82 Å². The highest BCUT2D eigenvalue weighted by molar-refractivity contribution is 6.17. The molecule has 0 spiro atoms. The van der Waals surface area contributed by atoms with Crippen molar-refractivity contribution in [1.29, 1.82) is 0 Å². The zero-order chi connectivity index (χ0) is 15.0. The summed E-state index contributed by atoms with van der Waals surface area (Å²) in [5.41, 5.74) is 4.66. The van der Waals surface area contributed by atoms with Gasteiger partial charge < -0.3 is 0 Å². The van der Waals surface area contributed by atoms with Gasteiger partial charge in [-0.1, -0.05) is 45.0 Å². The summed E-state index contributed by atoms with van der Waals surface area (Å²) in [6.45, 7) is 6.66. The van der Waals surface area contributed by atoms with E-state index in [1.165, 1.54) is 5.56 Å². The first-order valence-electron chi connectivity index (χ1n) is 7.14. The molecule has 2 aromatic carbocycles. The first kappa shape index (κ1) is 14.2. The lowest BCUT2D eigenvalue weighted by Crippen LogP contribution is -2.11. The molecule has 0 atom stereocenters. The molecule has 3 heteroatoms. The molecular weight excluding hydrogens is 280 g/mol. The van der Waals surface area contributed by atoms with Crippen LogP contribution in [0.2, 0.25) is 0 Å². The van der Waals surface area contributed by atoms with Gasteiger partial charge in [0.2, 0.25) is 0 Å². The lowest BCUT2D eigenvalue weighted by molar-refractivity contribution is 0.590. The third-order valence-corrected chi connectivity index (χ3v) is 3.98. The van der Waals surface area contributed by atoms with E-state index in [1.54, 1.807) is 0 Å². The number of fused-ring (bicyclic) bond motifs is 1. The summed E-state index contributed by atoms with van der Waals surface area (Å²) in [6, 6.07) is 16.8. The summed E-state index contributed by atoms with van der Waals surface area (Å²) in [5.74, 6) is 1.27. The van der Waals surface area contributed by atoms with Crippen molar-refractivity contribution in [2.45, 2.75) is 32.1 Å². The Morgan fingerprint density at radius 1 is 1.00 bits per heavy atom. The number of nitrogens with zero attached hydrogens (tertiary/aromatic N) is 2. The molecule has 0 aliphatic carbocycles. The Hall–Kier alpha value is -1.80. The number of alkyl halides is 1. The summed E-state index contributed by atoms with van der Waals surface area (Å²) < 4.78 is 2.13. The normalized spacial score (nSPS) is 12.0. The van der Waals surface area contributed by atoms with Gasteiger partial charge in [-0.3, -0.25) is 4.57 Å². The van der Waals surface area contributed by atoms with E-state index in [1.807, 2.05) is 18.2 Å². The van der Waals surface area contributed by atoms with Crippen LogP contribution in [0.5, 0.6) is 0 Å². The Morgan fingerprint density at radius 3 is 2.29 bits per heavy atom. The van der Waals surface area contributed by atoms with Crippen LogP contribution >= 0.6 is 11.6 Å². The molecule has 0 saturated carbocycles. The fraction of sp³-hybridized carbons (Fsp3) is 0.278. The van der Waals surface area contributed by atoms with Crippen LogP contribution in [0, 0.1) is 0 Å². The highest BCUT2D eigenvalue weighted by atomic mass is 35.5. The van der Waals surface area contributed by atoms with Gasteiger partial charge >= 0.3 is 0 Å². The number of rotatable bonds is 2. The molecule has 0 aliphatic rings. The standard InChI is InChI=1S/C18H19ClN2/c1-18(2,3)13-8-10-14(11-9-13)21-16-7-5-4-6-15(16)20-17(21)12-19/h4-11H,12H2,1-3H3. The molecule has 0 aliphatic heterocycles. The van der Waals surface area contributed by atoms with Crippen molar-refractivity contribution in [3.8, 4) is 5.69 Å². The summed E-state index contributed by atoms with van der Waals surface area (Å²) in [4.78, 5) is 4.61. The molecule has 0 saturated heterocycles. The van der Waals surface area contributed by atoms with Crippen molar-refractivity contribution < 1.29 is 0 Å². The highest BCUT2D eigenvalue weighted by Gasteiger charge is 2.15. The van der Waals surface area contributed by atoms with Crippen LogP contribution in [0.1, 0.15) is 32.2 Å². The summed E-state index contributed by atoms with van der Waals surface area (Å²) >= 11 is 6.07. The Balaban J connectivity index is 2.16. The van der Waals surface area contributed by atoms with Crippen LogP contribution in [0.15, 0.2) is 48.5 Å². The predicted octanol–water partition coefficient (Wildman–Crippen LogP) is 5.06. The number of hydrogen-bond acceptors (Lipinski definition) is 1. The molecule has 0 bridgehead atoms. The van der Waals surface area contributed by atoms with Crippen molar-refractivity contribution in [2.75, 3.05) is 0 Å². The van der Waals surface area contributed by atoms with Crippen LogP contribution in [-0.2, 0) is 11.3 Å². The number of benzene rings is 2. The van der Waals surface area contributed by atoms with Gasteiger partial charge in [-0.2, -0.15) is 0 Å². The molecule has 0 fully saturated rings. The number of hydrogen-bond donors (Lipinski definition) is 0. The maximum atomic E-state index is 6.07. The molecule has 0 radical (unpaired) electrons. The monoisotopic (exact) mass is 298 g/mol. The minimum absolute atomic E-state index is 0.158. The van der Waals surface area contributed by atoms with Gasteiger partial charge in [0, 0.05) is 5.69 Å². The van der Waals surface area contributed by atoms with Gasteiger partial charge in [-0.05, 0) is 35.2 Å². The van der Waals surface area contributed by atoms with E-state index < -0.39 is 0 Å². The Labute approximate surface area is 130 Å². The van der Waals surface area contributed by atoms with Crippen LogP contribution in [0.4, 0.5) is 0 Å². The maximum Gasteiger partial charge on any atom is 0.129 e. The van der Waals surface area contributed by atoms with Gasteiger partial charge in [-0.15, -0.1) is 11.6 Å². The van der Waals surface area contributed by atoms with Gasteiger partial charge in [0.25, 0.3) is 0 Å². The SMILES string of the molecule is CC(C)(C)c1ccc(-n2c(CCl)nc3ccccc32)cc1. The summed E-state index contributed by atoms with van der Waals surface area (Å²) in [7, 11) is 0. The average molecular weight is 299 g/mol. The van der Waals surface area contributed by atoms with Crippen LogP contribution in [0.3, 0.4) is 0 Å². The first-order chi connectivity index (χ1) is 10.0. The van der Waals surface area contributed by atoms with E-state index in [0.29, 0.717) is 5.88 Å².